The summed E-state index contributed by atoms with van der Waals surface area (Å²) in [6, 6.07) is 1.62. The van der Waals surface area contributed by atoms with Gasteiger partial charge in [-0.2, -0.15) is 0 Å². The van der Waals surface area contributed by atoms with Gasteiger partial charge < -0.3 is 10.4 Å². The molecule has 0 aromatic carbocycles. The molecule has 18 heavy (non-hydrogen) atoms. The molecule has 1 aromatic heterocycles. The van der Waals surface area contributed by atoms with E-state index < -0.39 is 18.0 Å². The molecule has 0 spiro atoms. The predicted octanol–water partition coefficient (Wildman–Crippen LogP) is 1.69. The number of carbonyl (C=O) groups is 3. The lowest BCUT2D eigenvalue weighted by Crippen LogP contribution is -2.44. The molecule has 1 aromatic rings. The van der Waals surface area contributed by atoms with Crippen LogP contribution >= 0.6 is 11.3 Å². The van der Waals surface area contributed by atoms with E-state index in [9.17, 15) is 14.4 Å². The van der Waals surface area contributed by atoms with Gasteiger partial charge in [-0.05, 0) is 17.5 Å². The van der Waals surface area contributed by atoms with E-state index in [-0.39, 0.29) is 18.6 Å². The van der Waals surface area contributed by atoms with Crippen molar-refractivity contribution in [2.75, 3.05) is 5.32 Å². The molecule has 0 radical (unpaired) electrons. The van der Waals surface area contributed by atoms with Crippen molar-refractivity contribution in [3.05, 3.63) is 17.5 Å². The van der Waals surface area contributed by atoms with Gasteiger partial charge in [0.25, 0.3) is 0 Å². The quantitative estimate of drug-likeness (QED) is 0.733. The Morgan fingerprint density at radius 3 is 2.67 bits per heavy atom. The number of amides is 2. The molecule has 1 unspecified atom stereocenters. The fraction of sp³-hybridized carbons (Fsp3) is 0.364. The molecule has 0 aliphatic rings. The summed E-state index contributed by atoms with van der Waals surface area (Å²) in [5.41, 5.74) is 0. The SMILES string of the molecule is CCC(=O)CC(NC(=O)Nc1cccs1)C(=O)O. The summed E-state index contributed by atoms with van der Waals surface area (Å²) >= 11 is 1.32. The molecular weight excluding hydrogens is 256 g/mol. The molecule has 0 aliphatic heterocycles. The summed E-state index contributed by atoms with van der Waals surface area (Å²) in [4.78, 5) is 33.6. The minimum absolute atomic E-state index is 0.205. The number of ketones is 1. The molecule has 0 saturated heterocycles. The van der Waals surface area contributed by atoms with Crippen LogP contribution in [0.5, 0.6) is 0 Å². The van der Waals surface area contributed by atoms with E-state index in [1.165, 1.54) is 11.3 Å². The molecule has 1 rings (SSSR count). The van der Waals surface area contributed by atoms with Gasteiger partial charge in [-0.25, -0.2) is 9.59 Å². The third kappa shape index (κ3) is 4.54. The second-order valence-corrected chi connectivity index (χ2v) is 4.51. The first-order valence-electron chi connectivity index (χ1n) is 5.38. The van der Waals surface area contributed by atoms with Crippen molar-refractivity contribution in [1.82, 2.24) is 5.32 Å². The average molecular weight is 270 g/mol. The number of carboxylic acid groups (broad SMARTS) is 1. The van der Waals surface area contributed by atoms with Crippen molar-refractivity contribution in [3.63, 3.8) is 0 Å². The number of carboxylic acids is 1. The largest absolute Gasteiger partial charge is 0.480 e. The Morgan fingerprint density at radius 2 is 2.17 bits per heavy atom. The predicted molar refractivity (Wildman–Crippen MR) is 67.8 cm³/mol. The molecule has 0 aliphatic carbocycles. The lowest BCUT2D eigenvalue weighted by molar-refractivity contribution is -0.140. The Hall–Kier alpha value is -1.89. The van der Waals surface area contributed by atoms with Crippen LogP contribution < -0.4 is 10.6 Å². The van der Waals surface area contributed by atoms with Crippen LogP contribution in [0.4, 0.5) is 9.80 Å². The summed E-state index contributed by atoms with van der Waals surface area (Å²) in [7, 11) is 0. The van der Waals surface area contributed by atoms with E-state index in [2.05, 4.69) is 10.6 Å². The van der Waals surface area contributed by atoms with Crippen molar-refractivity contribution in [3.8, 4) is 0 Å². The maximum absolute atomic E-state index is 11.5. The molecule has 0 fully saturated rings. The van der Waals surface area contributed by atoms with Gasteiger partial charge in [0.15, 0.2) is 0 Å². The first-order valence-corrected chi connectivity index (χ1v) is 6.26. The minimum atomic E-state index is -1.22. The number of urea groups is 1. The van der Waals surface area contributed by atoms with Gasteiger partial charge in [-0.15, -0.1) is 11.3 Å². The summed E-state index contributed by atoms with van der Waals surface area (Å²) < 4.78 is 0. The van der Waals surface area contributed by atoms with Crippen molar-refractivity contribution in [2.45, 2.75) is 25.8 Å². The number of thiophene rings is 1. The zero-order valence-corrected chi connectivity index (χ0v) is 10.6. The summed E-state index contributed by atoms with van der Waals surface area (Å²) in [6.45, 7) is 1.65. The summed E-state index contributed by atoms with van der Waals surface area (Å²) in [6.07, 6.45) is 0.0434. The normalized spacial score (nSPS) is 11.6. The van der Waals surface area contributed by atoms with Crippen LogP contribution in [0.1, 0.15) is 19.8 Å². The second kappa shape index (κ2) is 6.75. The molecule has 7 heteroatoms. The summed E-state index contributed by atoms with van der Waals surface area (Å²) in [5.74, 6) is -1.43. The first-order chi connectivity index (χ1) is 8.52. The maximum Gasteiger partial charge on any atom is 0.326 e. The molecule has 6 nitrogen and oxygen atoms in total. The number of Topliss-reactive ketones (excluding diaryl/α,β-unsaturated/α-hetero) is 1. The second-order valence-electron chi connectivity index (χ2n) is 3.56. The van der Waals surface area contributed by atoms with Crippen LogP contribution in [-0.2, 0) is 9.59 Å². The highest BCUT2D eigenvalue weighted by molar-refractivity contribution is 7.14. The van der Waals surface area contributed by atoms with E-state index in [0.29, 0.717) is 5.00 Å². The van der Waals surface area contributed by atoms with E-state index in [1.807, 2.05) is 0 Å². The molecule has 0 saturated carbocycles. The monoisotopic (exact) mass is 270 g/mol. The van der Waals surface area contributed by atoms with Crippen molar-refractivity contribution >= 4 is 34.1 Å². The Balaban J connectivity index is 2.52. The van der Waals surface area contributed by atoms with E-state index in [4.69, 9.17) is 5.11 Å². The third-order valence-electron chi connectivity index (χ3n) is 2.19. The van der Waals surface area contributed by atoms with Gasteiger partial charge in [0.1, 0.15) is 11.8 Å². The minimum Gasteiger partial charge on any atom is -0.480 e. The molecule has 98 valence electrons. The van der Waals surface area contributed by atoms with Crippen molar-refractivity contribution in [1.29, 1.82) is 0 Å². The maximum atomic E-state index is 11.5. The number of carbonyl (C=O) groups excluding carboxylic acids is 2. The number of anilines is 1. The molecule has 2 amide bonds. The fourth-order valence-electron chi connectivity index (χ4n) is 1.23. The first kappa shape index (κ1) is 14.2. The zero-order valence-electron chi connectivity index (χ0n) is 9.80. The van der Waals surface area contributed by atoms with E-state index in [0.717, 1.165) is 0 Å². The van der Waals surface area contributed by atoms with Gasteiger partial charge in [0.05, 0.1) is 5.00 Å². The van der Waals surface area contributed by atoms with E-state index in [1.54, 1.807) is 24.4 Å². The highest BCUT2D eigenvalue weighted by Gasteiger charge is 2.22. The van der Waals surface area contributed by atoms with Crippen LogP contribution in [0.25, 0.3) is 0 Å². The molecule has 0 bridgehead atoms. The van der Waals surface area contributed by atoms with Gasteiger partial charge in [-0.3, -0.25) is 10.1 Å². The van der Waals surface area contributed by atoms with Crippen LogP contribution in [0.3, 0.4) is 0 Å². The lowest BCUT2D eigenvalue weighted by atomic mass is 10.1. The van der Waals surface area contributed by atoms with Gasteiger partial charge >= 0.3 is 12.0 Å². The third-order valence-corrected chi connectivity index (χ3v) is 2.97. The standard InChI is InChI=1S/C11H14N2O4S/c1-2-7(14)6-8(10(15)16)12-11(17)13-9-4-3-5-18-9/h3-5,8H,2,6H2,1H3,(H,15,16)(H2,12,13,17). The van der Waals surface area contributed by atoms with Crippen LogP contribution in [0.15, 0.2) is 17.5 Å². The van der Waals surface area contributed by atoms with Crippen LogP contribution in [0, 0.1) is 0 Å². The number of nitrogens with one attached hydrogen (secondary N) is 2. The van der Waals surface area contributed by atoms with Crippen molar-refractivity contribution in [2.24, 2.45) is 0 Å². The Bertz CT molecular complexity index is 430. The van der Waals surface area contributed by atoms with Crippen molar-refractivity contribution < 1.29 is 19.5 Å². The van der Waals surface area contributed by atoms with E-state index >= 15 is 0 Å². The average Bonchev–Trinajstić information content (AvgIpc) is 2.80. The topological polar surface area (TPSA) is 95.5 Å². The molecule has 1 heterocycles. The molecule has 3 N–H and O–H groups in total. The van der Waals surface area contributed by atoms with Gasteiger partial charge in [0, 0.05) is 12.8 Å². The number of hydrogen-bond donors (Lipinski definition) is 3. The smallest absolute Gasteiger partial charge is 0.326 e. The highest BCUT2D eigenvalue weighted by atomic mass is 32.1. The Labute approximate surface area is 108 Å². The fourth-order valence-corrected chi connectivity index (χ4v) is 1.84. The Kier molecular flexibility index (Phi) is 5.31. The number of hydrogen-bond acceptors (Lipinski definition) is 4. The van der Waals surface area contributed by atoms with Crippen LogP contribution in [0.2, 0.25) is 0 Å². The summed E-state index contributed by atoms with van der Waals surface area (Å²) in [5, 5.41) is 16.0. The van der Waals surface area contributed by atoms with Crippen LogP contribution in [-0.4, -0.2) is 28.9 Å². The zero-order chi connectivity index (χ0) is 13.5. The van der Waals surface area contributed by atoms with Gasteiger partial charge in [-0.1, -0.05) is 6.92 Å². The van der Waals surface area contributed by atoms with Gasteiger partial charge in [0.2, 0.25) is 0 Å². The molecular formula is C11H14N2O4S. The number of aliphatic carboxylic acids is 1. The molecule has 1 atom stereocenters. The Morgan fingerprint density at radius 1 is 1.44 bits per heavy atom. The highest BCUT2D eigenvalue weighted by Crippen LogP contribution is 2.14. The lowest BCUT2D eigenvalue weighted by Gasteiger charge is -2.13. The number of rotatable bonds is 6.